The van der Waals surface area contributed by atoms with E-state index in [-0.39, 0.29) is 12.4 Å². The van der Waals surface area contributed by atoms with Crippen LogP contribution < -0.4 is 10.5 Å². The number of benzene rings is 2. The Morgan fingerprint density at radius 3 is 2.41 bits per heavy atom. The second-order valence-electron chi connectivity index (χ2n) is 3.79. The van der Waals surface area contributed by atoms with Crippen LogP contribution in [-0.2, 0) is 6.61 Å². The van der Waals surface area contributed by atoms with Gasteiger partial charge in [0.2, 0.25) is 0 Å². The van der Waals surface area contributed by atoms with E-state index in [0.29, 0.717) is 6.61 Å². The van der Waals surface area contributed by atoms with E-state index >= 15 is 0 Å². The van der Waals surface area contributed by atoms with Crippen LogP contribution >= 0.6 is 12.4 Å². The summed E-state index contributed by atoms with van der Waals surface area (Å²) in [5.74, 6) is 0.812. The van der Waals surface area contributed by atoms with E-state index in [1.165, 1.54) is 0 Å². The molecule has 0 amide bonds. The molecule has 2 rings (SSSR count). The van der Waals surface area contributed by atoms with Crippen LogP contribution in [0.4, 0.5) is 5.69 Å². The molecule has 2 nitrogen and oxygen atoms in total. The first-order valence-corrected chi connectivity index (χ1v) is 5.28. The largest absolute Gasteiger partial charge is 0.489 e. The summed E-state index contributed by atoms with van der Waals surface area (Å²) < 4.78 is 5.65. The summed E-state index contributed by atoms with van der Waals surface area (Å²) in [6, 6.07) is 15.8. The van der Waals surface area contributed by atoms with Crippen molar-refractivity contribution < 1.29 is 4.74 Å². The lowest BCUT2D eigenvalue weighted by Crippen LogP contribution is -1.96. The van der Waals surface area contributed by atoms with Crippen LogP contribution in [0.1, 0.15) is 11.1 Å². The average Bonchev–Trinajstić information content (AvgIpc) is 2.32. The van der Waals surface area contributed by atoms with Gasteiger partial charge in [0.1, 0.15) is 12.4 Å². The molecule has 0 aliphatic carbocycles. The number of ether oxygens (including phenoxy) is 1. The van der Waals surface area contributed by atoms with Gasteiger partial charge in [0.05, 0.1) is 0 Å². The Bertz CT molecular complexity index is 471. The van der Waals surface area contributed by atoms with Crippen molar-refractivity contribution in [3.8, 4) is 5.75 Å². The van der Waals surface area contributed by atoms with Gasteiger partial charge in [-0.05, 0) is 24.1 Å². The van der Waals surface area contributed by atoms with Crippen LogP contribution in [-0.4, -0.2) is 0 Å². The highest BCUT2D eigenvalue weighted by atomic mass is 35.5. The molecule has 0 radical (unpaired) electrons. The van der Waals surface area contributed by atoms with Gasteiger partial charge in [0.15, 0.2) is 0 Å². The van der Waals surface area contributed by atoms with Crippen molar-refractivity contribution in [3.05, 3.63) is 59.7 Å². The number of rotatable bonds is 3. The Kier molecular flexibility index (Phi) is 4.85. The SMILES string of the molecule is Cc1ccc(OCc2ccccc2)cc1N.Cl. The molecule has 0 saturated carbocycles. The number of nitrogen functional groups attached to an aromatic ring is 1. The molecule has 2 aromatic rings. The standard InChI is InChI=1S/C14H15NO.ClH/c1-11-7-8-13(9-14(11)15)16-10-12-5-3-2-4-6-12;/h2-9H,10,15H2,1H3;1H. The topological polar surface area (TPSA) is 35.2 Å². The number of hydrogen-bond donors (Lipinski definition) is 1. The van der Waals surface area contributed by atoms with E-state index in [1.54, 1.807) is 0 Å². The Morgan fingerprint density at radius 1 is 1.06 bits per heavy atom. The summed E-state index contributed by atoms with van der Waals surface area (Å²) in [7, 11) is 0. The molecule has 0 bridgehead atoms. The molecule has 0 saturated heterocycles. The summed E-state index contributed by atoms with van der Waals surface area (Å²) >= 11 is 0. The number of anilines is 1. The minimum absolute atomic E-state index is 0. The van der Waals surface area contributed by atoms with Gasteiger partial charge in [0, 0.05) is 11.8 Å². The monoisotopic (exact) mass is 249 g/mol. The summed E-state index contributed by atoms with van der Waals surface area (Å²) in [5, 5.41) is 0. The quantitative estimate of drug-likeness (QED) is 0.844. The Balaban J connectivity index is 0.00000144. The fraction of sp³-hybridized carbons (Fsp3) is 0.143. The Morgan fingerprint density at radius 2 is 1.76 bits per heavy atom. The van der Waals surface area contributed by atoms with Crippen molar-refractivity contribution in [2.24, 2.45) is 0 Å². The van der Waals surface area contributed by atoms with Crippen molar-refractivity contribution in [1.82, 2.24) is 0 Å². The van der Waals surface area contributed by atoms with Gasteiger partial charge in [-0.25, -0.2) is 0 Å². The highest BCUT2D eigenvalue weighted by Gasteiger charge is 1.98. The Labute approximate surface area is 108 Å². The third kappa shape index (κ3) is 3.68. The smallest absolute Gasteiger partial charge is 0.121 e. The lowest BCUT2D eigenvalue weighted by atomic mass is 10.2. The lowest BCUT2D eigenvalue weighted by molar-refractivity contribution is 0.306. The average molecular weight is 250 g/mol. The maximum Gasteiger partial charge on any atom is 0.121 e. The van der Waals surface area contributed by atoms with Crippen molar-refractivity contribution in [2.45, 2.75) is 13.5 Å². The second kappa shape index (κ2) is 6.16. The van der Waals surface area contributed by atoms with Gasteiger partial charge < -0.3 is 10.5 Å². The molecular formula is C14H16ClNO. The molecular weight excluding hydrogens is 234 g/mol. The highest BCUT2D eigenvalue weighted by Crippen LogP contribution is 2.19. The van der Waals surface area contributed by atoms with Crippen LogP contribution in [0.5, 0.6) is 5.75 Å². The molecule has 2 N–H and O–H groups in total. The van der Waals surface area contributed by atoms with Crippen LogP contribution in [0.15, 0.2) is 48.5 Å². The highest BCUT2D eigenvalue weighted by molar-refractivity contribution is 5.85. The van der Waals surface area contributed by atoms with E-state index in [1.807, 2.05) is 55.5 Å². The summed E-state index contributed by atoms with van der Waals surface area (Å²) in [5.41, 5.74) is 8.81. The van der Waals surface area contributed by atoms with Crippen molar-refractivity contribution in [3.63, 3.8) is 0 Å². The van der Waals surface area contributed by atoms with Gasteiger partial charge in [0.25, 0.3) is 0 Å². The number of nitrogens with two attached hydrogens (primary N) is 1. The zero-order valence-corrected chi connectivity index (χ0v) is 10.5. The van der Waals surface area contributed by atoms with Gasteiger partial charge in [-0.1, -0.05) is 36.4 Å². The Hall–Kier alpha value is -1.67. The zero-order valence-electron chi connectivity index (χ0n) is 9.72. The van der Waals surface area contributed by atoms with Crippen molar-refractivity contribution in [1.29, 1.82) is 0 Å². The number of hydrogen-bond acceptors (Lipinski definition) is 2. The molecule has 2 aromatic carbocycles. The molecule has 3 heteroatoms. The van der Waals surface area contributed by atoms with Crippen molar-refractivity contribution >= 4 is 18.1 Å². The first-order chi connectivity index (χ1) is 7.75. The van der Waals surface area contributed by atoms with Crippen LogP contribution in [0.3, 0.4) is 0 Å². The van der Waals surface area contributed by atoms with Gasteiger partial charge >= 0.3 is 0 Å². The van der Waals surface area contributed by atoms with Gasteiger partial charge in [-0.2, -0.15) is 0 Å². The number of halogens is 1. The fourth-order valence-corrected chi connectivity index (χ4v) is 1.45. The molecule has 0 atom stereocenters. The van der Waals surface area contributed by atoms with E-state index in [9.17, 15) is 0 Å². The van der Waals surface area contributed by atoms with Gasteiger partial charge in [-0.3, -0.25) is 0 Å². The minimum Gasteiger partial charge on any atom is -0.489 e. The van der Waals surface area contributed by atoms with Crippen LogP contribution in [0, 0.1) is 6.92 Å². The molecule has 0 unspecified atom stereocenters. The minimum atomic E-state index is 0. The predicted molar refractivity (Wildman–Crippen MR) is 73.6 cm³/mol. The first kappa shape index (κ1) is 13.4. The van der Waals surface area contributed by atoms with E-state index in [2.05, 4.69) is 0 Å². The molecule has 0 fully saturated rings. The third-order valence-corrected chi connectivity index (χ3v) is 2.50. The predicted octanol–water partition coefficient (Wildman–Crippen LogP) is 3.58. The molecule has 0 aliphatic heterocycles. The third-order valence-electron chi connectivity index (χ3n) is 2.50. The maximum atomic E-state index is 5.81. The van der Waals surface area contributed by atoms with E-state index in [4.69, 9.17) is 10.5 Å². The molecule has 0 aliphatic rings. The molecule has 90 valence electrons. The zero-order chi connectivity index (χ0) is 11.4. The maximum absolute atomic E-state index is 5.81. The summed E-state index contributed by atoms with van der Waals surface area (Å²) in [6.45, 7) is 2.56. The second-order valence-corrected chi connectivity index (χ2v) is 3.79. The first-order valence-electron chi connectivity index (χ1n) is 5.28. The summed E-state index contributed by atoms with van der Waals surface area (Å²) in [4.78, 5) is 0. The van der Waals surface area contributed by atoms with Crippen molar-refractivity contribution in [2.75, 3.05) is 5.73 Å². The van der Waals surface area contributed by atoms with Crippen LogP contribution in [0.2, 0.25) is 0 Å². The number of aryl methyl sites for hydroxylation is 1. The van der Waals surface area contributed by atoms with Crippen LogP contribution in [0.25, 0.3) is 0 Å². The molecule has 17 heavy (non-hydrogen) atoms. The molecule has 0 aromatic heterocycles. The van der Waals surface area contributed by atoms with E-state index < -0.39 is 0 Å². The molecule has 0 heterocycles. The fourth-order valence-electron chi connectivity index (χ4n) is 1.45. The lowest BCUT2D eigenvalue weighted by Gasteiger charge is -2.08. The summed E-state index contributed by atoms with van der Waals surface area (Å²) in [6.07, 6.45) is 0. The van der Waals surface area contributed by atoms with Gasteiger partial charge in [-0.15, -0.1) is 12.4 Å². The van der Waals surface area contributed by atoms with E-state index in [0.717, 1.165) is 22.6 Å². The normalized spacial score (nSPS) is 9.47. The molecule has 0 spiro atoms.